The van der Waals surface area contributed by atoms with Crippen LogP contribution in [0.2, 0.25) is 5.02 Å². The third kappa shape index (κ3) is 6.89. The van der Waals surface area contributed by atoms with Gasteiger partial charge in [0.05, 0.1) is 6.61 Å². The summed E-state index contributed by atoms with van der Waals surface area (Å²) in [6.07, 6.45) is -1.42. The molecule has 0 aliphatic carbocycles. The summed E-state index contributed by atoms with van der Waals surface area (Å²) in [6, 6.07) is 14.0. The largest absolute Gasteiger partial charge is 0.474 e. The van der Waals surface area contributed by atoms with E-state index in [9.17, 15) is 19.5 Å². The minimum Gasteiger partial charge on any atom is -0.474 e. The Labute approximate surface area is 173 Å². The van der Waals surface area contributed by atoms with E-state index in [0.717, 1.165) is 16.7 Å². The van der Waals surface area contributed by atoms with Gasteiger partial charge in [0.25, 0.3) is 0 Å². The number of carboxylic acids is 1. The summed E-state index contributed by atoms with van der Waals surface area (Å²) in [6.45, 7) is 1.71. The van der Waals surface area contributed by atoms with Gasteiger partial charge in [-0.3, -0.25) is 4.79 Å². The quantitative estimate of drug-likeness (QED) is 0.447. The molecule has 2 rings (SSSR count). The van der Waals surface area contributed by atoms with Gasteiger partial charge in [-0.2, -0.15) is 0 Å². The molecular formula is C21H22ClNO6. The van der Waals surface area contributed by atoms with Gasteiger partial charge in [0.2, 0.25) is 0 Å². The molecule has 0 aromatic heterocycles. The number of carboxylic acid groups (broad SMARTS) is 1. The van der Waals surface area contributed by atoms with E-state index in [1.807, 2.05) is 42.5 Å². The number of aliphatic carboxylic acids is 1. The molecule has 0 saturated heterocycles. The molecule has 0 saturated carbocycles. The van der Waals surface area contributed by atoms with Gasteiger partial charge in [0, 0.05) is 17.5 Å². The molecule has 2 unspecified atom stereocenters. The monoisotopic (exact) mass is 419 g/mol. The molecule has 7 nitrogen and oxygen atoms in total. The van der Waals surface area contributed by atoms with E-state index in [1.165, 1.54) is 0 Å². The third-order valence-electron chi connectivity index (χ3n) is 4.19. The summed E-state index contributed by atoms with van der Waals surface area (Å²) in [7, 11) is 0. The summed E-state index contributed by atoms with van der Waals surface area (Å²) < 4.78 is 4.75. The fourth-order valence-corrected chi connectivity index (χ4v) is 3.02. The number of aliphatic hydroxyl groups is 1. The number of hydrogen-bond acceptors (Lipinski definition) is 5. The molecule has 2 aromatic carbocycles. The SMILES string of the molecule is CCOC(=O)C(O)CC(Cc1ccc(-c2cccc(Cl)c2)cc1)NC(=O)C(=O)O. The van der Waals surface area contributed by atoms with E-state index < -0.39 is 30.0 Å². The fourth-order valence-electron chi connectivity index (χ4n) is 2.83. The molecule has 0 fully saturated rings. The first-order valence-corrected chi connectivity index (χ1v) is 9.41. The van der Waals surface area contributed by atoms with Crippen LogP contribution in [0.15, 0.2) is 48.5 Å². The Kier molecular flexibility index (Phi) is 8.18. The lowest BCUT2D eigenvalue weighted by molar-refractivity contribution is -0.154. The van der Waals surface area contributed by atoms with E-state index in [-0.39, 0.29) is 19.4 Å². The van der Waals surface area contributed by atoms with E-state index in [2.05, 4.69) is 5.32 Å². The number of esters is 1. The molecule has 2 atom stereocenters. The number of benzene rings is 2. The van der Waals surface area contributed by atoms with Crippen LogP contribution in [0.5, 0.6) is 0 Å². The normalized spacial score (nSPS) is 12.7. The summed E-state index contributed by atoms with van der Waals surface area (Å²) in [5.74, 6) is -3.67. The lowest BCUT2D eigenvalue weighted by Crippen LogP contribution is -2.43. The molecule has 0 aliphatic rings. The maximum Gasteiger partial charge on any atom is 0.394 e. The van der Waals surface area contributed by atoms with Crippen molar-refractivity contribution in [1.29, 1.82) is 0 Å². The number of ether oxygens (including phenoxy) is 1. The van der Waals surface area contributed by atoms with Crippen LogP contribution in [-0.4, -0.2) is 46.8 Å². The van der Waals surface area contributed by atoms with Gasteiger partial charge in [0.15, 0.2) is 6.10 Å². The number of aliphatic hydroxyl groups excluding tert-OH is 1. The van der Waals surface area contributed by atoms with Crippen molar-refractivity contribution in [2.75, 3.05) is 6.61 Å². The smallest absolute Gasteiger partial charge is 0.394 e. The third-order valence-corrected chi connectivity index (χ3v) is 4.42. The van der Waals surface area contributed by atoms with Crippen LogP contribution in [0.1, 0.15) is 18.9 Å². The van der Waals surface area contributed by atoms with Crippen LogP contribution in [-0.2, 0) is 25.5 Å². The van der Waals surface area contributed by atoms with Gasteiger partial charge < -0.3 is 20.3 Å². The van der Waals surface area contributed by atoms with Crippen molar-refractivity contribution < 1.29 is 29.3 Å². The molecule has 0 aliphatic heterocycles. The lowest BCUT2D eigenvalue weighted by Gasteiger charge is -2.20. The average molecular weight is 420 g/mol. The number of hydrogen-bond donors (Lipinski definition) is 3. The van der Waals surface area contributed by atoms with Crippen molar-refractivity contribution >= 4 is 29.4 Å². The number of rotatable bonds is 8. The first-order valence-electron chi connectivity index (χ1n) is 9.03. The van der Waals surface area contributed by atoms with Crippen LogP contribution in [0.4, 0.5) is 0 Å². The zero-order valence-electron chi connectivity index (χ0n) is 15.8. The first kappa shape index (κ1) is 22.4. The van der Waals surface area contributed by atoms with E-state index in [0.29, 0.717) is 5.02 Å². The van der Waals surface area contributed by atoms with Crippen LogP contribution < -0.4 is 5.32 Å². The standard InChI is InChI=1S/C21H22ClNO6/c1-2-29-21(28)18(24)12-17(23-19(25)20(26)27)10-13-6-8-14(9-7-13)15-4-3-5-16(22)11-15/h3-9,11,17-18,24H,2,10,12H2,1H3,(H,23,25)(H,26,27). The van der Waals surface area contributed by atoms with Crippen molar-refractivity contribution in [3.8, 4) is 11.1 Å². The summed E-state index contributed by atoms with van der Waals surface area (Å²) >= 11 is 6.02. The van der Waals surface area contributed by atoms with Gasteiger partial charge in [-0.05, 0) is 42.2 Å². The molecule has 2 aromatic rings. The summed E-state index contributed by atoms with van der Waals surface area (Å²) in [4.78, 5) is 34.1. The molecule has 1 amide bonds. The van der Waals surface area contributed by atoms with E-state index in [1.54, 1.807) is 13.0 Å². The van der Waals surface area contributed by atoms with E-state index >= 15 is 0 Å². The van der Waals surface area contributed by atoms with Gasteiger partial charge in [-0.1, -0.05) is 48.0 Å². The highest BCUT2D eigenvalue weighted by Gasteiger charge is 2.25. The molecule has 154 valence electrons. The lowest BCUT2D eigenvalue weighted by atomic mass is 9.98. The maximum atomic E-state index is 11.7. The van der Waals surface area contributed by atoms with E-state index in [4.69, 9.17) is 21.4 Å². The number of carbonyl (C=O) groups excluding carboxylic acids is 2. The molecule has 0 spiro atoms. The number of amides is 1. The molecule has 8 heteroatoms. The minimum atomic E-state index is -1.64. The van der Waals surface area contributed by atoms with Gasteiger partial charge in [0.1, 0.15) is 0 Å². The molecule has 29 heavy (non-hydrogen) atoms. The zero-order chi connectivity index (χ0) is 21.4. The van der Waals surface area contributed by atoms with Gasteiger partial charge in [-0.25, -0.2) is 9.59 Å². The Hall–Kier alpha value is -2.90. The Morgan fingerprint density at radius 2 is 1.79 bits per heavy atom. The zero-order valence-corrected chi connectivity index (χ0v) is 16.6. The molecule has 0 heterocycles. The van der Waals surface area contributed by atoms with Crippen molar-refractivity contribution in [2.24, 2.45) is 0 Å². The summed E-state index contributed by atoms with van der Waals surface area (Å²) in [5.41, 5.74) is 2.67. The van der Waals surface area contributed by atoms with Crippen LogP contribution >= 0.6 is 11.6 Å². The van der Waals surface area contributed by atoms with Crippen LogP contribution in [0, 0.1) is 0 Å². The van der Waals surface area contributed by atoms with Gasteiger partial charge >= 0.3 is 17.8 Å². The van der Waals surface area contributed by atoms with Crippen molar-refractivity contribution in [1.82, 2.24) is 5.32 Å². The average Bonchev–Trinajstić information content (AvgIpc) is 2.68. The summed E-state index contributed by atoms with van der Waals surface area (Å²) in [5, 5.41) is 21.8. The number of carbonyl (C=O) groups is 3. The topological polar surface area (TPSA) is 113 Å². The molecule has 0 radical (unpaired) electrons. The number of nitrogens with one attached hydrogen (secondary N) is 1. The fraction of sp³-hybridized carbons (Fsp3) is 0.286. The molecule has 3 N–H and O–H groups in total. The molecular weight excluding hydrogens is 398 g/mol. The highest BCUT2D eigenvalue weighted by Crippen LogP contribution is 2.23. The van der Waals surface area contributed by atoms with Crippen LogP contribution in [0.25, 0.3) is 11.1 Å². The van der Waals surface area contributed by atoms with Crippen molar-refractivity contribution in [2.45, 2.75) is 31.9 Å². The second-order valence-electron chi connectivity index (χ2n) is 6.39. The number of halogens is 1. The second kappa shape index (κ2) is 10.6. The predicted molar refractivity (Wildman–Crippen MR) is 107 cm³/mol. The molecule has 0 bridgehead atoms. The highest BCUT2D eigenvalue weighted by molar-refractivity contribution is 6.31. The minimum absolute atomic E-state index is 0.104. The van der Waals surface area contributed by atoms with Gasteiger partial charge in [-0.15, -0.1) is 0 Å². The Bertz CT molecular complexity index is 868. The van der Waals surface area contributed by atoms with Crippen molar-refractivity contribution in [3.63, 3.8) is 0 Å². The first-order chi connectivity index (χ1) is 13.8. The van der Waals surface area contributed by atoms with Crippen molar-refractivity contribution in [3.05, 3.63) is 59.1 Å². The predicted octanol–water partition coefficient (Wildman–Crippen LogP) is 2.43. The highest BCUT2D eigenvalue weighted by atomic mass is 35.5. The Balaban J connectivity index is 2.13. The maximum absolute atomic E-state index is 11.7. The van der Waals surface area contributed by atoms with Crippen LogP contribution in [0.3, 0.4) is 0 Å². The Morgan fingerprint density at radius 1 is 1.10 bits per heavy atom. The second-order valence-corrected chi connectivity index (χ2v) is 6.83. The Morgan fingerprint density at radius 3 is 2.38 bits per heavy atom.